The van der Waals surface area contributed by atoms with Crippen LogP contribution in [-0.2, 0) is 0 Å². The SMILES string of the molecule is N#Cc1cccc(-n2c3ccccc3c3cc4c5ccccc5n(-c5ccc(-c6cccc7c6sc6ccccc67)cc5)c4cc32)c1. The predicted octanol–water partition coefficient (Wildman–Crippen LogP) is 11.8. The van der Waals surface area contributed by atoms with Crippen LogP contribution in [0.15, 0.2) is 152 Å². The van der Waals surface area contributed by atoms with Crippen molar-refractivity contribution in [1.82, 2.24) is 9.13 Å². The van der Waals surface area contributed by atoms with E-state index >= 15 is 0 Å². The highest BCUT2D eigenvalue weighted by molar-refractivity contribution is 7.26. The van der Waals surface area contributed by atoms with Gasteiger partial charge in [0, 0.05) is 53.1 Å². The number of thiophene rings is 1. The summed E-state index contributed by atoms with van der Waals surface area (Å²) in [6.45, 7) is 0. The molecule has 0 atom stereocenters. The molecular weight excluding hydrogens is 591 g/mol. The summed E-state index contributed by atoms with van der Waals surface area (Å²) in [5.41, 5.74) is 9.81. The zero-order valence-corrected chi connectivity index (χ0v) is 26.0. The number of hydrogen-bond donors (Lipinski definition) is 0. The van der Waals surface area contributed by atoms with E-state index in [2.05, 4.69) is 149 Å². The number of benzene rings is 7. The molecule has 10 aromatic rings. The predicted molar refractivity (Wildman–Crippen MR) is 198 cm³/mol. The van der Waals surface area contributed by atoms with Crippen LogP contribution >= 0.6 is 11.3 Å². The van der Waals surface area contributed by atoms with Crippen LogP contribution in [0.2, 0.25) is 0 Å². The molecule has 0 bridgehead atoms. The maximum atomic E-state index is 9.69. The first-order valence-corrected chi connectivity index (χ1v) is 16.6. The summed E-state index contributed by atoms with van der Waals surface area (Å²) in [5.74, 6) is 0. The second kappa shape index (κ2) is 9.92. The highest BCUT2D eigenvalue weighted by atomic mass is 32.1. The number of para-hydroxylation sites is 2. The molecule has 0 saturated heterocycles. The number of nitriles is 1. The van der Waals surface area contributed by atoms with Gasteiger partial charge >= 0.3 is 0 Å². The molecule has 0 aliphatic carbocycles. The summed E-state index contributed by atoms with van der Waals surface area (Å²) < 4.78 is 7.33. The molecule has 0 aliphatic heterocycles. The molecule has 10 rings (SSSR count). The van der Waals surface area contributed by atoms with Gasteiger partial charge in [-0.3, -0.25) is 0 Å². The van der Waals surface area contributed by atoms with E-state index in [9.17, 15) is 5.26 Å². The van der Waals surface area contributed by atoms with Crippen LogP contribution in [0.5, 0.6) is 0 Å². The molecule has 0 aliphatic rings. The van der Waals surface area contributed by atoms with Gasteiger partial charge in [0.2, 0.25) is 0 Å². The van der Waals surface area contributed by atoms with Crippen molar-refractivity contribution in [3.63, 3.8) is 0 Å². The molecule has 0 radical (unpaired) electrons. The second-order valence-corrected chi connectivity index (χ2v) is 13.1. The van der Waals surface area contributed by atoms with Crippen LogP contribution in [0.3, 0.4) is 0 Å². The third-order valence-corrected chi connectivity index (χ3v) is 10.8. The molecule has 3 aromatic heterocycles. The van der Waals surface area contributed by atoms with Crippen LogP contribution in [-0.4, -0.2) is 9.13 Å². The Labute approximate surface area is 274 Å². The Bertz CT molecular complexity index is 2910. The summed E-state index contributed by atoms with van der Waals surface area (Å²) in [4.78, 5) is 0. The molecule has 47 heavy (non-hydrogen) atoms. The van der Waals surface area contributed by atoms with Crippen molar-refractivity contribution < 1.29 is 0 Å². The highest BCUT2D eigenvalue weighted by Crippen LogP contribution is 2.42. The van der Waals surface area contributed by atoms with Crippen LogP contribution in [0.4, 0.5) is 0 Å². The van der Waals surface area contributed by atoms with Crippen molar-refractivity contribution in [3.8, 4) is 28.6 Å². The minimum absolute atomic E-state index is 0.648. The number of hydrogen-bond acceptors (Lipinski definition) is 2. The van der Waals surface area contributed by atoms with Gasteiger partial charge in [-0.25, -0.2) is 0 Å². The Kier molecular flexibility index (Phi) is 5.51. The molecule has 4 heteroatoms. The minimum atomic E-state index is 0.648. The molecule has 7 aromatic carbocycles. The monoisotopic (exact) mass is 615 g/mol. The Morgan fingerprint density at radius 2 is 1.06 bits per heavy atom. The normalized spacial score (nSPS) is 11.8. The molecule has 3 heterocycles. The quantitative estimate of drug-likeness (QED) is 0.195. The summed E-state index contributed by atoms with van der Waals surface area (Å²) in [6, 6.07) is 56.5. The Hall–Kier alpha value is -6.15. The maximum Gasteiger partial charge on any atom is 0.0992 e. The highest BCUT2D eigenvalue weighted by Gasteiger charge is 2.19. The van der Waals surface area contributed by atoms with E-state index in [1.165, 1.54) is 58.4 Å². The van der Waals surface area contributed by atoms with Gasteiger partial charge < -0.3 is 9.13 Å². The van der Waals surface area contributed by atoms with Gasteiger partial charge in [-0.05, 0) is 71.8 Å². The number of aromatic nitrogens is 2. The molecule has 3 nitrogen and oxygen atoms in total. The lowest BCUT2D eigenvalue weighted by molar-refractivity contribution is 1.16. The van der Waals surface area contributed by atoms with Crippen molar-refractivity contribution in [2.75, 3.05) is 0 Å². The lowest BCUT2D eigenvalue weighted by Crippen LogP contribution is -1.96. The van der Waals surface area contributed by atoms with Crippen molar-refractivity contribution in [2.45, 2.75) is 0 Å². The van der Waals surface area contributed by atoms with E-state index in [0.717, 1.165) is 27.9 Å². The average molecular weight is 616 g/mol. The molecule has 0 fully saturated rings. The largest absolute Gasteiger partial charge is 0.309 e. The van der Waals surface area contributed by atoms with Gasteiger partial charge in [0.25, 0.3) is 0 Å². The van der Waals surface area contributed by atoms with Crippen molar-refractivity contribution in [3.05, 3.63) is 157 Å². The van der Waals surface area contributed by atoms with Crippen LogP contribution < -0.4 is 0 Å². The smallest absolute Gasteiger partial charge is 0.0992 e. The van der Waals surface area contributed by atoms with Gasteiger partial charge in [0.15, 0.2) is 0 Å². The minimum Gasteiger partial charge on any atom is -0.309 e. The summed E-state index contributed by atoms with van der Waals surface area (Å²) in [7, 11) is 0. The number of nitrogens with zero attached hydrogens (tertiary/aromatic N) is 3. The van der Waals surface area contributed by atoms with E-state index in [0.29, 0.717) is 5.56 Å². The Morgan fingerprint density at radius 3 is 1.79 bits per heavy atom. The number of fused-ring (bicyclic) bond motifs is 9. The zero-order valence-electron chi connectivity index (χ0n) is 25.2. The van der Waals surface area contributed by atoms with Gasteiger partial charge in [-0.15, -0.1) is 11.3 Å². The first-order valence-electron chi connectivity index (χ1n) is 15.7. The first kappa shape index (κ1) is 26.1. The first-order chi connectivity index (χ1) is 23.3. The molecule has 0 spiro atoms. The Morgan fingerprint density at radius 1 is 0.447 bits per heavy atom. The second-order valence-electron chi connectivity index (χ2n) is 12.1. The molecule has 0 amide bonds. The van der Waals surface area contributed by atoms with Gasteiger partial charge in [-0.2, -0.15) is 5.26 Å². The third kappa shape index (κ3) is 3.78. The van der Waals surface area contributed by atoms with Crippen LogP contribution in [0.1, 0.15) is 5.56 Å². The van der Waals surface area contributed by atoms with Crippen molar-refractivity contribution in [2.24, 2.45) is 0 Å². The summed E-state index contributed by atoms with van der Waals surface area (Å²) >= 11 is 1.87. The lowest BCUT2D eigenvalue weighted by Gasteiger charge is -2.11. The molecule has 218 valence electrons. The van der Waals surface area contributed by atoms with E-state index in [1.807, 2.05) is 29.5 Å². The fourth-order valence-electron chi connectivity index (χ4n) is 7.47. The van der Waals surface area contributed by atoms with Gasteiger partial charge in [-0.1, -0.05) is 91.0 Å². The van der Waals surface area contributed by atoms with Gasteiger partial charge in [0.1, 0.15) is 0 Å². The van der Waals surface area contributed by atoms with E-state index in [-0.39, 0.29) is 0 Å². The zero-order chi connectivity index (χ0) is 31.1. The van der Waals surface area contributed by atoms with Gasteiger partial charge in [0.05, 0.1) is 33.7 Å². The summed E-state index contributed by atoms with van der Waals surface area (Å²) in [5, 5.41) is 17.2. The molecule has 0 N–H and O–H groups in total. The van der Waals surface area contributed by atoms with E-state index in [1.54, 1.807) is 0 Å². The third-order valence-electron chi connectivity index (χ3n) is 9.54. The maximum absolute atomic E-state index is 9.69. The standard InChI is InChI=1S/C43H25N3S/c44-26-27-9-7-10-30(23-27)46-39-17-5-2-12-33(39)37-24-36-32-11-1-4-16-38(32)45(40(36)25-41(37)46)29-21-19-28(20-22-29)31-14-8-15-35-34-13-3-6-18-42(34)47-43(31)35/h1-25H. The molecule has 0 unspecified atom stereocenters. The van der Waals surface area contributed by atoms with Crippen LogP contribution in [0.25, 0.3) is 86.3 Å². The Balaban J connectivity index is 1.21. The fourth-order valence-corrected chi connectivity index (χ4v) is 8.70. The van der Waals surface area contributed by atoms with E-state index < -0.39 is 0 Å². The topological polar surface area (TPSA) is 33.6 Å². The summed E-state index contributed by atoms with van der Waals surface area (Å²) in [6.07, 6.45) is 0. The lowest BCUT2D eigenvalue weighted by atomic mass is 10.0. The van der Waals surface area contributed by atoms with Crippen LogP contribution in [0, 0.1) is 11.3 Å². The fraction of sp³-hybridized carbons (Fsp3) is 0. The van der Waals surface area contributed by atoms with Crippen molar-refractivity contribution >= 4 is 75.1 Å². The van der Waals surface area contributed by atoms with E-state index in [4.69, 9.17) is 0 Å². The molecule has 0 saturated carbocycles. The molecular formula is C43H25N3S. The number of rotatable bonds is 3. The van der Waals surface area contributed by atoms with Crippen molar-refractivity contribution in [1.29, 1.82) is 5.26 Å². The average Bonchev–Trinajstić information content (AvgIpc) is 3.78.